The van der Waals surface area contributed by atoms with Crippen LogP contribution in [-0.4, -0.2) is 50.9 Å². The largest absolute Gasteiger partial charge is 0.491 e. The van der Waals surface area contributed by atoms with Gasteiger partial charge in [0.25, 0.3) is 0 Å². The van der Waals surface area contributed by atoms with Gasteiger partial charge < -0.3 is 19.7 Å². The summed E-state index contributed by atoms with van der Waals surface area (Å²) in [6.07, 6.45) is 2.68. The molecule has 1 aromatic rings. The first kappa shape index (κ1) is 16.3. The molecule has 4 nitrogen and oxygen atoms in total. The van der Waals surface area contributed by atoms with Crippen molar-refractivity contribution >= 4 is 0 Å². The Morgan fingerprint density at radius 2 is 1.90 bits per heavy atom. The van der Waals surface area contributed by atoms with Crippen LogP contribution in [0.1, 0.15) is 25.3 Å². The number of benzene rings is 1. The fraction of sp³-hybridized carbons (Fsp3) is 0.647. The Hall–Kier alpha value is -1.10. The average Bonchev–Trinajstić information content (AvgIpc) is 3.03. The van der Waals surface area contributed by atoms with Crippen molar-refractivity contribution in [1.82, 2.24) is 10.2 Å². The van der Waals surface area contributed by atoms with E-state index in [-0.39, 0.29) is 0 Å². The lowest BCUT2D eigenvalue weighted by Gasteiger charge is -2.15. The zero-order chi connectivity index (χ0) is 14.8. The fourth-order valence-corrected chi connectivity index (χ4v) is 2.56. The molecule has 1 aromatic carbocycles. The second-order valence-corrected chi connectivity index (χ2v) is 5.40. The maximum atomic E-state index is 5.83. The molecule has 1 heterocycles. The molecule has 21 heavy (non-hydrogen) atoms. The van der Waals surface area contributed by atoms with E-state index in [1.807, 2.05) is 18.2 Å². The number of hydrogen-bond acceptors (Lipinski definition) is 4. The number of likely N-dealkylation sites (tertiary alicyclic amines) is 1. The molecular formula is C17H28N2O2. The van der Waals surface area contributed by atoms with Crippen LogP contribution in [0.5, 0.6) is 5.75 Å². The molecule has 0 aliphatic carbocycles. The zero-order valence-corrected chi connectivity index (χ0v) is 13.1. The van der Waals surface area contributed by atoms with Gasteiger partial charge >= 0.3 is 0 Å². The Bertz CT molecular complexity index is 392. The van der Waals surface area contributed by atoms with E-state index in [0.717, 1.165) is 32.0 Å². The Morgan fingerprint density at radius 1 is 1.10 bits per heavy atom. The Morgan fingerprint density at radius 3 is 2.71 bits per heavy atom. The summed E-state index contributed by atoms with van der Waals surface area (Å²) in [5.41, 5.74) is 1.21. The van der Waals surface area contributed by atoms with Gasteiger partial charge in [0.1, 0.15) is 12.4 Å². The van der Waals surface area contributed by atoms with Crippen LogP contribution in [0.2, 0.25) is 0 Å². The minimum Gasteiger partial charge on any atom is -0.491 e. The van der Waals surface area contributed by atoms with Crippen LogP contribution in [0, 0.1) is 0 Å². The molecule has 1 aliphatic rings. The molecule has 2 rings (SSSR count). The van der Waals surface area contributed by atoms with E-state index < -0.39 is 0 Å². The molecule has 0 aromatic heterocycles. The molecule has 0 bridgehead atoms. The van der Waals surface area contributed by atoms with E-state index in [4.69, 9.17) is 9.47 Å². The molecule has 1 saturated heterocycles. The highest BCUT2D eigenvalue weighted by atomic mass is 16.5. The van der Waals surface area contributed by atoms with Crippen LogP contribution in [0.3, 0.4) is 0 Å². The smallest absolute Gasteiger partial charge is 0.123 e. The van der Waals surface area contributed by atoms with Crippen LogP contribution < -0.4 is 10.1 Å². The van der Waals surface area contributed by atoms with Gasteiger partial charge in [-0.25, -0.2) is 0 Å². The molecular weight excluding hydrogens is 264 g/mol. The van der Waals surface area contributed by atoms with Crippen molar-refractivity contribution in [3.8, 4) is 5.75 Å². The first-order chi connectivity index (χ1) is 10.4. The lowest BCUT2D eigenvalue weighted by Crippen LogP contribution is -2.24. The predicted molar refractivity (Wildman–Crippen MR) is 85.8 cm³/mol. The standard InChI is InChI=1S/C17H28N2O2/c1-2-18-15-16-7-3-4-8-17(16)21-14-13-20-12-11-19-9-5-6-10-19/h3-4,7-8,18H,2,5-6,9-15H2,1H3. The molecule has 4 heteroatoms. The lowest BCUT2D eigenvalue weighted by atomic mass is 10.2. The van der Waals surface area contributed by atoms with Crippen LogP contribution in [0.4, 0.5) is 0 Å². The predicted octanol–water partition coefficient (Wildman–Crippen LogP) is 2.29. The lowest BCUT2D eigenvalue weighted by molar-refractivity contribution is 0.0843. The number of hydrogen-bond donors (Lipinski definition) is 1. The summed E-state index contributed by atoms with van der Waals surface area (Å²) in [7, 11) is 0. The first-order valence-corrected chi connectivity index (χ1v) is 8.11. The van der Waals surface area contributed by atoms with Gasteiger partial charge in [-0.15, -0.1) is 0 Å². The highest BCUT2D eigenvalue weighted by molar-refractivity contribution is 5.33. The maximum absolute atomic E-state index is 5.83. The number of ether oxygens (including phenoxy) is 2. The van der Waals surface area contributed by atoms with Crippen molar-refractivity contribution in [2.24, 2.45) is 0 Å². The summed E-state index contributed by atoms with van der Waals surface area (Å²) in [5, 5.41) is 3.33. The third kappa shape index (κ3) is 6.04. The summed E-state index contributed by atoms with van der Waals surface area (Å²) < 4.78 is 11.5. The normalized spacial score (nSPS) is 15.5. The number of para-hydroxylation sites is 1. The van der Waals surface area contributed by atoms with Gasteiger partial charge in [-0.1, -0.05) is 25.1 Å². The van der Waals surface area contributed by atoms with E-state index in [0.29, 0.717) is 13.2 Å². The molecule has 0 amide bonds. The number of rotatable bonds is 10. The highest BCUT2D eigenvalue weighted by Crippen LogP contribution is 2.17. The average molecular weight is 292 g/mol. The summed E-state index contributed by atoms with van der Waals surface area (Å²) in [4.78, 5) is 2.46. The van der Waals surface area contributed by atoms with Gasteiger partial charge in [-0.05, 0) is 38.5 Å². The van der Waals surface area contributed by atoms with E-state index in [1.54, 1.807) is 0 Å². The molecule has 1 N–H and O–H groups in total. The van der Waals surface area contributed by atoms with Crippen molar-refractivity contribution in [3.63, 3.8) is 0 Å². The minimum absolute atomic E-state index is 0.614. The van der Waals surface area contributed by atoms with Crippen LogP contribution in [-0.2, 0) is 11.3 Å². The Kier molecular flexibility index (Phi) is 7.57. The SMILES string of the molecule is CCNCc1ccccc1OCCOCCN1CCCC1. The third-order valence-corrected chi connectivity index (χ3v) is 3.77. The van der Waals surface area contributed by atoms with Gasteiger partial charge in [-0.2, -0.15) is 0 Å². The molecule has 1 aliphatic heterocycles. The van der Waals surface area contributed by atoms with Crippen LogP contribution >= 0.6 is 0 Å². The monoisotopic (exact) mass is 292 g/mol. The minimum atomic E-state index is 0.614. The summed E-state index contributed by atoms with van der Waals surface area (Å²) in [6.45, 7) is 9.52. The molecule has 118 valence electrons. The van der Waals surface area contributed by atoms with Crippen molar-refractivity contribution in [1.29, 1.82) is 0 Å². The van der Waals surface area contributed by atoms with Gasteiger partial charge in [0.05, 0.1) is 13.2 Å². The maximum Gasteiger partial charge on any atom is 0.123 e. The van der Waals surface area contributed by atoms with Crippen LogP contribution in [0.25, 0.3) is 0 Å². The number of nitrogens with zero attached hydrogens (tertiary/aromatic N) is 1. The third-order valence-electron chi connectivity index (χ3n) is 3.77. The highest BCUT2D eigenvalue weighted by Gasteiger charge is 2.10. The van der Waals surface area contributed by atoms with Gasteiger partial charge in [-0.3, -0.25) is 0 Å². The van der Waals surface area contributed by atoms with Crippen LogP contribution in [0.15, 0.2) is 24.3 Å². The topological polar surface area (TPSA) is 33.7 Å². The molecule has 0 radical (unpaired) electrons. The molecule has 0 spiro atoms. The molecule has 0 atom stereocenters. The Balaban J connectivity index is 1.59. The van der Waals surface area contributed by atoms with Crippen molar-refractivity contribution in [2.45, 2.75) is 26.3 Å². The van der Waals surface area contributed by atoms with E-state index >= 15 is 0 Å². The summed E-state index contributed by atoms with van der Waals surface area (Å²) in [6, 6.07) is 8.19. The summed E-state index contributed by atoms with van der Waals surface area (Å²) >= 11 is 0. The van der Waals surface area contributed by atoms with E-state index in [1.165, 1.54) is 31.5 Å². The Labute approximate surface area is 128 Å². The molecule has 0 saturated carbocycles. The second-order valence-electron chi connectivity index (χ2n) is 5.40. The van der Waals surface area contributed by atoms with Gasteiger partial charge in [0, 0.05) is 18.7 Å². The molecule has 1 fully saturated rings. The van der Waals surface area contributed by atoms with Crippen molar-refractivity contribution < 1.29 is 9.47 Å². The van der Waals surface area contributed by atoms with E-state index in [9.17, 15) is 0 Å². The fourth-order valence-electron chi connectivity index (χ4n) is 2.56. The van der Waals surface area contributed by atoms with Crippen molar-refractivity contribution in [3.05, 3.63) is 29.8 Å². The quantitative estimate of drug-likeness (QED) is 0.671. The van der Waals surface area contributed by atoms with Gasteiger partial charge in [0.2, 0.25) is 0 Å². The second kappa shape index (κ2) is 9.77. The van der Waals surface area contributed by atoms with Crippen molar-refractivity contribution in [2.75, 3.05) is 46.0 Å². The zero-order valence-electron chi connectivity index (χ0n) is 13.1. The summed E-state index contributed by atoms with van der Waals surface area (Å²) in [5.74, 6) is 0.960. The van der Waals surface area contributed by atoms with E-state index in [2.05, 4.69) is 23.2 Å². The first-order valence-electron chi connectivity index (χ1n) is 8.11. The molecule has 0 unspecified atom stereocenters. The van der Waals surface area contributed by atoms with Gasteiger partial charge in [0.15, 0.2) is 0 Å². The number of nitrogens with one attached hydrogen (secondary N) is 1.